The highest BCUT2D eigenvalue weighted by molar-refractivity contribution is 7.99. The molecule has 1 aromatic carbocycles. The molecule has 0 aliphatic carbocycles. The van der Waals surface area contributed by atoms with Gasteiger partial charge in [0.25, 0.3) is 5.91 Å². The summed E-state index contributed by atoms with van der Waals surface area (Å²) < 4.78 is 0. The second-order valence-electron chi connectivity index (χ2n) is 5.46. The van der Waals surface area contributed by atoms with E-state index in [0.29, 0.717) is 42.9 Å². The average Bonchev–Trinajstić information content (AvgIpc) is 2.55. The van der Waals surface area contributed by atoms with Crippen LogP contribution in [-0.4, -0.2) is 52.9 Å². The monoisotopic (exact) mass is 336 g/mol. The van der Waals surface area contributed by atoms with Crippen LogP contribution in [-0.2, 0) is 9.59 Å². The van der Waals surface area contributed by atoms with Gasteiger partial charge in [-0.2, -0.15) is 11.8 Å². The number of amides is 2. The SMILES string of the molecule is CSCC(=O)Nc1ccc(C(=O)N2CCC(C(=O)O)CC2)cc1. The Morgan fingerprint density at radius 2 is 1.83 bits per heavy atom. The number of piperidine rings is 1. The van der Waals surface area contributed by atoms with E-state index < -0.39 is 5.97 Å². The fourth-order valence-corrected chi connectivity index (χ4v) is 2.87. The van der Waals surface area contributed by atoms with E-state index in [1.165, 1.54) is 11.8 Å². The number of hydrogen-bond acceptors (Lipinski definition) is 4. The number of hydrogen-bond donors (Lipinski definition) is 2. The molecule has 124 valence electrons. The Morgan fingerprint density at radius 1 is 1.22 bits per heavy atom. The minimum absolute atomic E-state index is 0.0766. The molecule has 0 saturated carbocycles. The van der Waals surface area contributed by atoms with E-state index in [4.69, 9.17) is 5.11 Å². The molecule has 1 heterocycles. The third kappa shape index (κ3) is 4.72. The second-order valence-corrected chi connectivity index (χ2v) is 6.33. The van der Waals surface area contributed by atoms with Crippen molar-refractivity contribution in [1.82, 2.24) is 4.90 Å². The van der Waals surface area contributed by atoms with Crippen LogP contribution in [0.1, 0.15) is 23.2 Å². The lowest BCUT2D eigenvalue weighted by Crippen LogP contribution is -2.40. The normalized spacial score (nSPS) is 15.3. The highest BCUT2D eigenvalue weighted by Crippen LogP contribution is 2.20. The molecule has 1 fully saturated rings. The van der Waals surface area contributed by atoms with Gasteiger partial charge in [0.05, 0.1) is 11.7 Å². The van der Waals surface area contributed by atoms with Crippen molar-refractivity contribution in [2.24, 2.45) is 5.92 Å². The first-order chi connectivity index (χ1) is 11.0. The van der Waals surface area contributed by atoms with Gasteiger partial charge in [-0.25, -0.2) is 0 Å². The van der Waals surface area contributed by atoms with Crippen molar-refractivity contribution in [1.29, 1.82) is 0 Å². The number of nitrogens with one attached hydrogen (secondary N) is 1. The summed E-state index contributed by atoms with van der Waals surface area (Å²) in [6.45, 7) is 0.921. The van der Waals surface area contributed by atoms with Crippen molar-refractivity contribution in [3.8, 4) is 0 Å². The van der Waals surface area contributed by atoms with E-state index in [2.05, 4.69) is 5.32 Å². The van der Waals surface area contributed by atoms with Crippen LogP contribution in [0.2, 0.25) is 0 Å². The molecular weight excluding hydrogens is 316 g/mol. The molecule has 2 rings (SSSR count). The Hall–Kier alpha value is -2.02. The van der Waals surface area contributed by atoms with E-state index in [9.17, 15) is 14.4 Å². The summed E-state index contributed by atoms with van der Waals surface area (Å²) in [7, 11) is 0. The highest BCUT2D eigenvalue weighted by Gasteiger charge is 2.27. The number of carbonyl (C=O) groups is 3. The molecule has 0 atom stereocenters. The largest absolute Gasteiger partial charge is 0.481 e. The Bertz CT molecular complexity index is 580. The molecule has 1 aromatic rings. The maximum atomic E-state index is 12.4. The van der Waals surface area contributed by atoms with Crippen LogP contribution >= 0.6 is 11.8 Å². The van der Waals surface area contributed by atoms with Gasteiger partial charge < -0.3 is 15.3 Å². The van der Waals surface area contributed by atoms with Gasteiger partial charge in [-0.05, 0) is 43.4 Å². The van der Waals surface area contributed by atoms with Gasteiger partial charge >= 0.3 is 5.97 Å². The average molecular weight is 336 g/mol. The molecule has 0 bridgehead atoms. The lowest BCUT2D eigenvalue weighted by Gasteiger charge is -2.30. The van der Waals surface area contributed by atoms with E-state index in [1.54, 1.807) is 29.2 Å². The molecule has 1 saturated heterocycles. The molecule has 0 radical (unpaired) electrons. The molecule has 6 nitrogen and oxygen atoms in total. The van der Waals surface area contributed by atoms with Gasteiger partial charge in [-0.3, -0.25) is 14.4 Å². The number of carboxylic acid groups (broad SMARTS) is 1. The number of rotatable bonds is 5. The van der Waals surface area contributed by atoms with Gasteiger partial charge in [-0.1, -0.05) is 0 Å². The van der Waals surface area contributed by atoms with E-state index in [1.807, 2.05) is 6.26 Å². The Balaban J connectivity index is 1.93. The molecule has 1 aliphatic heterocycles. The standard InChI is InChI=1S/C16H20N2O4S/c1-23-10-14(19)17-13-4-2-11(3-5-13)15(20)18-8-6-12(7-9-18)16(21)22/h2-5,12H,6-10H2,1H3,(H,17,19)(H,21,22). The summed E-state index contributed by atoms with van der Waals surface area (Å²) in [5.74, 6) is -0.933. The lowest BCUT2D eigenvalue weighted by atomic mass is 9.96. The number of benzene rings is 1. The Morgan fingerprint density at radius 3 is 2.35 bits per heavy atom. The van der Waals surface area contributed by atoms with Gasteiger partial charge in [0.1, 0.15) is 0 Å². The number of nitrogens with zero attached hydrogens (tertiary/aromatic N) is 1. The topological polar surface area (TPSA) is 86.7 Å². The number of carboxylic acids is 1. The summed E-state index contributed by atoms with van der Waals surface area (Å²) in [6, 6.07) is 6.77. The Labute approximate surface area is 139 Å². The van der Waals surface area contributed by atoms with Gasteiger partial charge in [0.2, 0.25) is 5.91 Å². The maximum absolute atomic E-state index is 12.4. The quantitative estimate of drug-likeness (QED) is 0.858. The predicted molar refractivity (Wildman–Crippen MR) is 89.7 cm³/mol. The first-order valence-corrected chi connectivity index (χ1v) is 8.81. The van der Waals surface area contributed by atoms with Crippen LogP contribution in [0.5, 0.6) is 0 Å². The molecule has 0 unspecified atom stereocenters. The van der Waals surface area contributed by atoms with Crippen LogP contribution < -0.4 is 5.32 Å². The summed E-state index contributed by atoms with van der Waals surface area (Å²) in [5, 5.41) is 11.7. The van der Waals surface area contributed by atoms with Crippen LogP contribution in [0.25, 0.3) is 0 Å². The van der Waals surface area contributed by atoms with Crippen molar-refractivity contribution in [3.05, 3.63) is 29.8 Å². The van der Waals surface area contributed by atoms with Crippen LogP contribution in [0.15, 0.2) is 24.3 Å². The first-order valence-electron chi connectivity index (χ1n) is 7.42. The zero-order valence-electron chi connectivity index (χ0n) is 12.9. The number of likely N-dealkylation sites (tertiary alicyclic amines) is 1. The molecule has 2 amide bonds. The third-order valence-corrected chi connectivity index (χ3v) is 4.37. The first kappa shape index (κ1) is 17.3. The Kier molecular flexibility index (Phi) is 6.04. The summed E-state index contributed by atoms with van der Waals surface area (Å²) in [5.41, 5.74) is 1.20. The number of anilines is 1. The minimum atomic E-state index is -0.789. The van der Waals surface area contributed by atoms with Crippen molar-refractivity contribution in [2.75, 3.05) is 30.4 Å². The zero-order valence-corrected chi connectivity index (χ0v) is 13.8. The van der Waals surface area contributed by atoms with E-state index in [0.717, 1.165) is 0 Å². The molecule has 7 heteroatoms. The summed E-state index contributed by atoms with van der Waals surface area (Å²) >= 11 is 1.44. The van der Waals surface area contributed by atoms with E-state index >= 15 is 0 Å². The minimum Gasteiger partial charge on any atom is -0.481 e. The van der Waals surface area contributed by atoms with Crippen molar-refractivity contribution < 1.29 is 19.5 Å². The number of aliphatic carboxylic acids is 1. The lowest BCUT2D eigenvalue weighted by molar-refractivity contribution is -0.143. The molecule has 2 N–H and O–H groups in total. The van der Waals surface area contributed by atoms with Crippen LogP contribution in [0, 0.1) is 5.92 Å². The van der Waals surface area contributed by atoms with Crippen LogP contribution in [0.3, 0.4) is 0 Å². The van der Waals surface area contributed by atoms with Gasteiger partial charge in [-0.15, -0.1) is 0 Å². The van der Waals surface area contributed by atoms with Crippen LogP contribution in [0.4, 0.5) is 5.69 Å². The smallest absolute Gasteiger partial charge is 0.306 e. The summed E-state index contributed by atoms with van der Waals surface area (Å²) in [4.78, 5) is 36.5. The highest BCUT2D eigenvalue weighted by atomic mass is 32.2. The zero-order chi connectivity index (χ0) is 16.8. The molecule has 0 aromatic heterocycles. The molecule has 23 heavy (non-hydrogen) atoms. The fourth-order valence-electron chi connectivity index (χ4n) is 2.54. The fraction of sp³-hybridized carbons (Fsp3) is 0.438. The van der Waals surface area contributed by atoms with Crippen molar-refractivity contribution in [3.63, 3.8) is 0 Å². The molecular formula is C16H20N2O4S. The van der Waals surface area contributed by atoms with Crippen molar-refractivity contribution >= 4 is 35.2 Å². The molecule has 0 spiro atoms. The van der Waals surface area contributed by atoms with E-state index in [-0.39, 0.29) is 17.7 Å². The van der Waals surface area contributed by atoms with Crippen molar-refractivity contribution in [2.45, 2.75) is 12.8 Å². The van der Waals surface area contributed by atoms with Gasteiger partial charge in [0.15, 0.2) is 0 Å². The maximum Gasteiger partial charge on any atom is 0.306 e. The third-order valence-electron chi connectivity index (χ3n) is 3.82. The second kappa shape index (κ2) is 8.01. The number of carbonyl (C=O) groups excluding carboxylic acids is 2. The predicted octanol–water partition coefficient (Wildman–Crippen LogP) is 1.92. The van der Waals surface area contributed by atoms with Gasteiger partial charge in [0, 0.05) is 24.3 Å². The summed E-state index contributed by atoms with van der Waals surface area (Å²) in [6.07, 6.45) is 2.84. The molecule has 1 aliphatic rings. The number of thioether (sulfide) groups is 1.